The Morgan fingerprint density at radius 2 is 2.05 bits per heavy atom. The minimum absolute atomic E-state index is 0.0106. The van der Waals surface area contributed by atoms with E-state index in [1.54, 1.807) is 4.90 Å². The number of hydrogen-bond donors (Lipinski definition) is 1. The highest BCUT2D eigenvalue weighted by atomic mass is 16.5. The summed E-state index contributed by atoms with van der Waals surface area (Å²) in [5, 5.41) is 2.86. The van der Waals surface area contributed by atoms with E-state index in [-0.39, 0.29) is 23.8 Å². The number of ether oxygens (including phenoxy) is 1. The molecule has 0 spiro atoms. The number of nitrogens with zero attached hydrogens (tertiary/aromatic N) is 1. The van der Waals surface area contributed by atoms with Crippen LogP contribution in [-0.2, 0) is 9.59 Å². The van der Waals surface area contributed by atoms with Crippen LogP contribution in [0.5, 0.6) is 5.75 Å². The van der Waals surface area contributed by atoms with Gasteiger partial charge in [0.2, 0.25) is 5.91 Å². The largest absolute Gasteiger partial charge is 0.482 e. The number of para-hydroxylation sites is 2. The van der Waals surface area contributed by atoms with Crippen molar-refractivity contribution in [3.8, 4) is 5.75 Å². The molecule has 0 bridgehead atoms. The van der Waals surface area contributed by atoms with Crippen LogP contribution < -0.4 is 15.0 Å². The molecule has 0 aromatic heterocycles. The van der Waals surface area contributed by atoms with Crippen LogP contribution in [-0.4, -0.2) is 31.5 Å². The summed E-state index contributed by atoms with van der Waals surface area (Å²) in [5.41, 5.74) is 0.727. The summed E-state index contributed by atoms with van der Waals surface area (Å²) < 4.78 is 5.38. The predicted molar refractivity (Wildman–Crippen MR) is 81.4 cm³/mol. The molecule has 114 valence electrons. The highest BCUT2D eigenvalue weighted by Gasteiger charge is 2.24. The SMILES string of the molecule is CC(C)(C)CC(=O)NCCN1C(=O)COc2ccccc21. The number of benzene rings is 1. The first-order valence-corrected chi connectivity index (χ1v) is 7.16. The zero-order valence-electron chi connectivity index (χ0n) is 12.8. The van der Waals surface area contributed by atoms with Crippen LogP contribution in [0.1, 0.15) is 27.2 Å². The average molecular weight is 290 g/mol. The fraction of sp³-hybridized carbons (Fsp3) is 0.500. The first-order valence-electron chi connectivity index (χ1n) is 7.16. The second kappa shape index (κ2) is 6.16. The quantitative estimate of drug-likeness (QED) is 0.922. The van der Waals surface area contributed by atoms with Crippen molar-refractivity contribution in [3.05, 3.63) is 24.3 Å². The number of nitrogens with one attached hydrogen (secondary N) is 1. The molecular formula is C16H22N2O3. The predicted octanol–water partition coefficient (Wildman–Crippen LogP) is 1.96. The maximum atomic E-state index is 11.9. The number of amides is 2. The minimum Gasteiger partial charge on any atom is -0.482 e. The summed E-state index contributed by atoms with van der Waals surface area (Å²) in [5.74, 6) is 0.633. The van der Waals surface area contributed by atoms with E-state index in [2.05, 4.69) is 5.32 Å². The van der Waals surface area contributed by atoms with Crippen molar-refractivity contribution in [2.24, 2.45) is 5.41 Å². The highest BCUT2D eigenvalue weighted by molar-refractivity contribution is 5.97. The van der Waals surface area contributed by atoms with Gasteiger partial charge >= 0.3 is 0 Å². The summed E-state index contributed by atoms with van der Waals surface area (Å²) in [4.78, 5) is 25.4. The molecule has 0 radical (unpaired) electrons. The molecule has 1 aromatic rings. The van der Waals surface area contributed by atoms with E-state index in [0.717, 1.165) is 5.69 Å². The molecule has 1 aromatic carbocycles. The molecule has 0 atom stereocenters. The Morgan fingerprint density at radius 1 is 1.33 bits per heavy atom. The van der Waals surface area contributed by atoms with Crippen LogP contribution in [0.3, 0.4) is 0 Å². The van der Waals surface area contributed by atoms with Crippen molar-refractivity contribution < 1.29 is 14.3 Å². The van der Waals surface area contributed by atoms with Gasteiger partial charge in [-0.15, -0.1) is 0 Å². The number of hydrogen-bond acceptors (Lipinski definition) is 3. The van der Waals surface area contributed by atoms with E-state index < -0.39 is 0 Å². The van der Waals surface area contributed by atoms with Crippen molar-refractivity contribution in [2.75, 3.05) is 24.6 Å². The van der Waals surface area contributed by atoms with E-state index >= 15 is 0 Å². The van der Waals surface area contributed by atoms with Gasteiger partial charge in [0.1, 0.15) is 5.75 Å². The second-order valence-corrected chi connectivity index (χ2v) is 6.39. The van der Waals surface area contributed by atoms with E-state index in [0.29, 0.717) is 25.3 Å². The molecule has 1 aliphatic heterocycles. The van der Waals surface area contributed by atoms with E-state index in [9.17, 15) is 9.59 Å². The fourth-order valence-electron chi connectivity index (χ4n) is 2.25. The molecule has 2 rings (SSSR count). The maximum absolute atomic E-state index is 11.9. The molecule has 0 aliphatic carbocycles. The standard InChI is InChI=1S/C16H22N2O3/c1-16(2,3)10-14(19)17-8-9-18-12-6-4-5-7-13(12)21-11-15(18)20/h4-7H,8-11H2,1-3H3,(H,17,19). The summed E-state index contributed by atoms with van der Waals surface area (Å²) in [6.45, 7) is 7.01. The van der Waals surface area contributed by atoms with Crippen LogP contribution in [0.25, 0.3) is 0 Å². The Hall–Kier alpha value is -2.04. The van der Waals surface area contributed by atoms with Gasteiger partial charge in [-0.1, -0.05) is 32.9 Å². The smallest absolute Gasteiger partial charge is 0.265 e. The molecule has 0 unspecified atom stereocenters. The molecule has 1 heterocycles. The number of anilines is 1. The maximum Gasteiger partial charge on any atom is 0.265 e. The molecule has 0 saturated heterocycles. The Morgan fingerprint density at radius 3 is 2.76 bits per heavy atom. The van der Waals surface area contributed by atoms with Gasteiger partial charge in [-0.2, -0.15) is 0 Å². The first kappa shape index (κ1) is 15.4. The van der Waals surface area contributed by atoms with E-state index in [4.69, 9.17) is 4.74 Å². The van der Waals surface area contributed by atoms with Crippen molar-refractivity contribution >= 4 is 17.5 Å². The Labute approximate surface area is 125 Å². The molecule has 5 nitrogen and oxygen atoms in total. The first-order chi connectivity index (χ1) is 9.87. The highest BCUT2D eigenvalue weighted by Crippen LogP contribution is 2.30. The number of carbonyl (C=O) groups excluding carboxylic acids is 2. The summed E-state index contributed by atoms with van der Waals surface area (Å²) in [6, 6.07) is 7.43. The van der Waals surface area contributed by atoms with Gasteiger partial charge in [-0.3, -0.25) is 9.59 Å². The summed E-state index contributed by atoms with van der Waals surface area (Å²) >= 11 is 0. The van der Waals surface area contributed by atoms with Crippen LogP contribution >= 0.6 is 0 Å². The lowest BCUT2D eigenvalue weighted by molar-refractivity contribution is -0.123. The lowest BCUT2D eigenvalue weighted by Gasteiger charge is -2.29. The number of rotatable bonds is 4. The lowest BCUT2D eigenvalue weighted by Crippen LogP contribution is -2.43. The lowest BCUT2D eigenvalue weighted by atomic mass is 9.92. The summed E-state index contributed by atoms with van der Waals surface area (Å²) in [6.07, 6.45) is 0.473. The van der Waals surface area contributed by atoms with Crippen molar-refractivity contribution in [3.63, 3.8) is 0 Å². The van der Waals surface area contributed by atoms with Crippen LogP contribution in [0, 0.1) is 5.41 Å². The van der Waals surface area contributed by atoms with Gasteiger partial charge in [-0.05, 0) is 17.5 Å². The Kier molecular flexibility index (Phi) is 4.50. The third-order valence-electron chi connectivity index (χ3n) is 3.16. The van der Waals surface area contributed by atoms with Gasteiger partial charge in [0, 0.05) is 19.5 Å². The van der Waals surface area contributed by atoms with Gasteiger partial charge < -0.3 is 15.0 Å². The number of fused-ring (bicyclic) bond motifs is 1. The van der Waals surface area contributed by atoms with Crippen LogP contribution in [0.15, 0.2) is 24.3 Å². The zero-order chi connectivity index (χ0) is 15.5. The molecular weight excluding hydrogens is 268 g/mol. The molecule has 2 amide bonds. The van der Waals surface area contributed by atoms with Crippen molar-refractivity contribution in [2.45, 2.75) is 27.2 Å². The average Bonchev–Trinajstić information content (AvgIpc) is 2.39. The Bertz CT molecular complexity index is 535. The third-order valence-corrected chi connectivity index (χ3v) is 3.16. The molecule has 0 saturated carbocycles. The van der Waals surface area contributed by atoms with Gasteiger partial charge in [0.05, 0.1) is 5.69 Å². The van der Waals surface area contributed by atoms with Gasteiger partial charge in [0.25, 0.3) is 5.91 Å². The van der Waals surface area contributed by atoms with Crippen LogP contribution in [0.4, 0.5) is 5.69 Å². The van der Waals surface area contributed by atoms with Crippen molar-refractivity contribution in [1.29, 1.82) is 0 Å². The van der Waals surface area contributed by atoms with E-state index in [1.165, 1.54) is 0 Å². The summed E-state index contributed by atoms with van der Waals surface area (Å²) in [7, 11) is 0. The Balaban J connectivity index is 1.91. The van der Waals surface area contributed by atoms with Gasteiger partial charge in [-0.25, -0.2) is 0 Å². The third kappa shape index (κ3) is 4.21. The minimum atomic E-state index is -0.0845. The van der Waals surface area contributed by atoms with Crippen LogP contribution in [0.2, 0.25) is 0 Å². The molecule has 21 heavy (non-hydrogen) atoms. The second-order valence-electron chi connectivity index (χ2n) is 6.39. The molecule has 5 heteroatoms. The van der Waals surface area contributed by atoms with Gasteiger partial charge in [0.15, 0.2) is 6.61 Å². The topological polar surface area (TPSA) is 58.6 Å². The molecule has 0 fully saturated rings. The number of carbonyl (C=O) groups is 2. The monoisotopic (exact) mass is 290 g/mol. The molecule has 1 aliphatic rings. The zero-order valence-corrected chi connectivity index (χ0v) is 12.8. The van der Waals surface area contributed by atoms with E-state index in [1.807, 2.05) is 45.0 Å². The fourth-order valence-corrected chi connectivity index (χ4v) is 2.25. The van der Waals surface area contributed by atoms with Crippen molar-refractivity contribution in [1.82, 2.24) is 5.32 Å². The normalized spacial score (nSPS) is 14.4. The molecule has 1 N–H and O–H groups in total.